The molecule has 0 aromatic carbocycles. The molecule has 0 radical (unpaired) electrons. The van der Waals surface area contributed by atoms with Crippen LogP contribution < -0.4 is 5.32 Å². The number of nitrogens with one attached hydrogen (secondary N) is 1. The molecular weight excluding hydrogens is 236 g/mol. The molecule has 1 aliphatic carbocycles. The van der Waals surface area contributed by atoms with Crippen molar-refractivity contribution in [2.24, 2.45) is 5.92 Å². The summed E-state index contributed by atoms with van der Waals surface area (Å²) in [5.74, 6) is 1.11. The summed E-state index contributed by atoms with van der Waals surface area (Å²) < 4.78 is 0. The van der Waals surface area contributed by atoms with E-state index in [1.54, 1.807) is 0 Å². The highest BCUT2D eigenvalue weighted by molar-refractivity contribution is 5.86. The second-order valence-electron chi connectivity index (χ2n) is 5.50. The van der Waals surface area contributed by atoms with Gasteiger partial charge >= 0.3 is 0 Å². The van der Waals surface area contributed by atoms with E-state index in [9.17, 15) is 4.79 Å². The van der Waals surface area contributed by atoms with Crippen LogP contribution in [0.25, 0.3) is 0 Å². The van der Waals surface area contributed by atoms with E-state index < -0.39 is 0 Å². The van der Waals surface area contributed by atoms with E-state index in [2.05, 4.69) is 24.1 Å². The standard InChI is InChI=1S/C13H24N2O.ClH/c1-3-15(10-11-6-7-11)12(16)13(2)8-4-5-9-14-13;/h11,14H,3-10H2,1-2H3;1H. The molecule has 0 bridgehead atoms. The highest BCUT2D eigenvalue weighted by atomic mass is 35.5. The number of nitrogens with zero attached hydrogens (tertiary/aromatic N) is 1. The minimum absolute atomic E-state index is 0. The van der Waals surface area contributed by atoms with Crippen LogP contribution in [0.1, 0.15) is 46.0 Å². The van der Waals surface area contributed by atoms with Crippen molar-refractivity contribution in [2.75, 3.05) is 19.6 Å². The highest BCUT2D eigenvalue weighted by Crippen LogP contribution is 2.31. The Morgan fingerprint density at radius 2 is 2.12 bits per heavy atom. The summed E-state index contributed by atoms with van der Waals surface area (Å²) in [6, 6.07) is 0. The van der Waals surface area contributed by atoms with Crippen molar-refractivity contribution >= 4 is 18.3 Å². The van der Waals surface area contributed by atoms with Gasteiger partial charge in [0.25, 0.3) is 0 Å². The Morgan fingerprint density at radius 3 is 2.59 bits per heavy atom. The molecule has 17 heavy (non-hydrogen) atoms. The third-order valence-corrected chi connectivity index (χ3v) is 3.94. The van der Waals surface area contributed by atoms with Crippen LogP contribution in [-0.2, 0) is 4.79 Å². The largest absolute Gasteiger partial charge is 0.341 e. The fraction of sp³-hybridized carbons (Fsp3) is 0.923. The van der Waals surface area contributed by atoms with Crippen molar-refractivity contribution in [1.29, 1.82) is 0 Å². The quantitative estimate of drug-likeness (QED) is 0.841. The van der Waals surface area contributed by atoms with Gasteiger partial charge in [-0.15, -0.1) is 12.4 Å². The second kappa shape index (κ2) is 6.05. The number of amides is 1. The van der Waals surface area contributed by atoms with Crippen molar-refractivity contribution in [1.82, 2.24) is 10.2 Å². The van der Waals surface area contributed by atoms with Gasteiger partial charge in [0.05, 0.1) is 5.54 Å². The molecule has 3 nitrogen and oxygen atoms in total. The zero-order valence-electron chi connectivity index (χ0n) is 11.0. The first kappa shape index (κ1) is 14.8. The summed E-state index contributed by atoms with van der Waals surface area (Å²) in [6.07, 6.45) is 6.00. The summed E-state index contributed by atoms with van der Waals surface area (Å²) >= 11 is 0. The van der Waals surface area contributed by atoms with Gasteiger partial charge in [-0.05, 0) is 58.4 Å². The van der Waals surface area contributed by atoms with Gasteiger partial charge in [0, 0.05) is 13.1 Å². The Balaban J connectivity index is 0.00000144. The number of hydrogen-bond acceptors (Lipinski definition) is 2. The molecule has 1 amide bonds. The van der Waals surface area contributed by atoms with Crippen LogP contribution in [-0.4, -0.2) is 36.0 Å². The lowest BCUT2D eigenvalue weighted by atomic mass is 9.89. The van der Waals surface area contributed by atoms with Crippen LogP contribution in [0.2, 0.25) is 0 Å². The van der Waals surface area contributed by atoms with Crippen molar-refractivity contribution in [3.8, 4) is 0 Å². The van der Waals surface area contributed by atoms with E-state index in [4.69, 9.17) is 0 Å². The molecule has 100 valence electrons. The monoisotopic (exact) mass is 260 g/mol. The Morgan fingerprint density at radius 1 is 1.41 bits per heavy atom. The molecule has 2 fully saturated rings. The second-order valence-corrected chi connectivity index (χ2v) is 5.50. The molecule has 1 heterocycles. The van der Waals surface area contributed by atoms with Crippen LogP contribution in [0.4, 0.5) is 0 Å². The van der Waals surface area contributed by atoms with E-state index >= 15 is 0 Å². The molecule has 1 N–H and O–H groups in total. The number of likely N-dealkylation sites (N-methyl/N-ethyl adjacent to an activating group) is 1. The van der Waals surface area contributed by atoms with Crippen molar-refractivity contribution in [3.05, 3.63) is 0 Å². The first-order valence-electron chi connectivity index (χ1n) is 6.70. The van der Waals surface area contributed by atoms with Crippen molar-refractivity contribution in [3.63, 3.8) is 0 Å². The molecule has 0 aromatic rings. The average molecular weight is 261 g/mol. The van der Waals surface area contributed by atoms with Gasteiger partial charge in [-0.2, -0.15) is 0 Å². The van der Waals surface area contributed by atoms with Crippen LogP contribution >= 0.6 is 12.4 Å². The molecule has 0 aromatic heterocycles. The smallest absolute Gasteiger partial charge is 0.242 e. The van der Waals surface area contributed by atoms with Gasteiger partial charge in [0.2, 0.25) is 5.91 Å². The number of carbonyl (C=O) groups excluding carboxylic acids is 1. The number of carbonyl (C=O) groups is 1. The highest BCUT2D eigenvalue weighted by Gasteiger charge is 2.38. The molecular formula is C13H25ClN2O. The SMILES string of the molecule is CCN(CC1CC1)C(=O)C1(C)CCCCN1.Cl. The van der Waals surface area contributed by atoms with Crippen LogP contribution in [0.3, 0.4) is 0 Å². The van der Waals surface area contributed by atoms with E-state index in [1.165, 1.54) is 25.7 Å². The van der Waals surface area contributed by atoms with E-state index in [1.807, 2.05) is 0 Å². The number of rotatable bonds is 4. The summed E-state index contributed by atoms with van der Waals surface area (Å²) in [6.45, 7) is 6.99. The number of hydrogen-bond donors (Lipinski definition) is 1. The van der Waals surface area contributed by atoms with Gasteiger partial charge in [-0.1, -0.05) is 0 Å². The van der Waals surface area contributed by atoms with Gasteiger partial charge < -0.3 is 10.2 Å². The first-order valence-corrected chi connectivity index (χ1v) is 6.70. The third kappa shape index (κ3) is 3.59. The van der Waals surface area contributed by atoms with E-state index in [0.717, 1.165) is 32.0 Å². The minimum atomic E-state index is -0.289. The molecule has 2 aliphatic rings. The lowest BCUT2D eigenvalue weighted by Gasteiger charge is -2.37. The van der Waals surface area contributed by atoms with Crippen molar-refractivity contribution in [2.45, 2.75) is 51.5 Å². The minimum Gasteiger partial charge on any atom is -0.341 e. The van der Waals surface area contributed by atoms with Gasteiger partial charge in [0.1, 0.15) is 0 Å². The predicted molar refractivity (Wildman–Crippen MR) is 72.5 cm³/mol. The summed E-state index contributed by atoms with van der Waals surface area (Å²) in [5.41, 5.74) is -0.289. The number of piperidine rings is 1. The maximum Gasteiger partial charge on any atom is 0.242 e. The predicted octanol–water partition coefficient (Wildman–Crippen LogP) is 2.20. The maximum atomic E-state index is 12.5. The molecule has 1 aliphatic heterocycles. The van der Waals surface area contributed by atoms with E-state index in [-0.39, 0.29) is 17.9 Å². The molecule has 1 atom stereocenters. The Bertz CT molecular complexity index is 260. The summed E-state index contributed by atoms with van der Waals surface area (Å²) in [5, 5.41) is 3.41. The molecule has 1 unspecified atom stereocenters. The van der Waals surface area contributed by atoms with Crippen molar-refractivity contribution < 1.29 is 4.79 Å². The fourth-order valence-corrected chi connectivity index (χ4v) is 2.56. The van der Waals surface area contributed by atoms with Crippen LogP contribution in [0.5, 0.6) is 0 Å². The summed E-state index contributed by atoms with van der Waals surface area (Å²) in [7, 11) is 0. The first-order chi connectivity index (χ1) is 7.65. The molecule has 1 saturated heterocycles. The van der Waals surface area contributed by atoms with Gasteiger partial charge in [-0.25, -0.2) is 0 Å². The lowest BCUT2D eigenvalue weighted by Crippen LogP contribution is -2.58. The molecule has 4 heteroatoms. The molecule has 1 saturated carbocycles. The van der Waals surface area contributed by atoms with E-state index in [0.29, 0.717) is 5.91 Å². The Labute approximate surface area is 111 Å². The van der Waals surface area contributed by atoms with Gasteiger partial charge in [0.15, 0.2) is 0 Å². The summed E-state index contributed by atoms with van der Waals surface area (Å²) in [4.78, 5) is 14.5. The topological polar surface area (TPSA) is 32.3 Å². The molecule has 0 spiro atoms. The van der Waals surface area contributed by atoms with Crippen LogP contribution in [0.15, 0.2) is 0 Å². The zero-order valence-corrected chi connectivity index (χ0v) is 11.8. The Hall–Kier alpha value is -0.280. The third-order valence-electron chi connectivity index (χ3n) is 3.94. The lowest BCUT2D eigenvalue weighted by molar-refractivity contribution is -0.138. The fourth-order valence-electron chi connectivity index (χ4n) is 2.56. The Kier molecular flexibility index (Phi) is 5.26. The average Bonchev–Trinajstić information content (AvgIpc) is 3.10. The number of halogens is 1. The normalized spacial score (nSPS) is 28.4. The molecule has 2 rings (SSSR count). The van der Waals surface area contributed by atoms with Crippen LogP contribution in [0, 0.1) is 5.92 Å². The zero-order chi connectivity index (χ0) is 11.6. The van der Waals surface area contributed by atoms with Gasteiger partial charge in [-0.3, -0.25) is 4.79 Å². The maximum absolute atomic E-state index is 12.5.